The Morgan fingerprint density at radius 3 is 1.07 bits per heavy atom. The fraction of sp³-hybridized carbons (Fsp3) is 0.600. The van der Waals surface area contributed by atoms with Crippen molar-refractivity contribution in [3.05, 3.63) is 22.3 Å². The minimum atomic E-state index is -3.29. The third-order valence-electron chi connectivity index (χ3n) is 3.04. The standard InChI is InChI=1S/C10H16.4ClH.Zr/c1-6-7(2)9(4)10(5)8(6)3;;;;;/h6H,1-5H3;4*1H;/q;;;;;+4/p-4. The molecular formula is C10H16Cl4Zr. The van der Waals surface area contributed by atoms with Crippen molar-refractivity contribution in [3.63, 3.8) is 0 Å². The van der Waals surface area contributed by atoms with E-state index < -0.39 is 15.5 Å². The van der Waals surface area contributed by atoms with Crippen LogP contribution in [-0.4, -0.2) is 0 Å². The Bertz CT molecular complexity index is 269. The summed E-state index contributed by atoms with van der Waals surface area (Å²) in [4.78, 5) is 0. The van der Waals surface area contributed by atoms with Gasteiger partial charge in [0.25, 0.3) is 0 Å². The second-order valence-corrected chi connectivity index (χ2v) is 26.2. The molecule has 0 atom stereocenters. The average molecular weight is 369 g/mol. The van der Waals surface area contributed by atoms with Crippen molar-refractivity contribution in [1.29, 1.82) is 0 Å². The van der Waals surface area contributed by atoms with Gasteiger partial charge < -0.3 is 0 Å². The van der Waals surface area contributed by atoms with Gasteiger partial charge in [-0.05, 0) is 44.8 Å². The van der Waals surface area contributed by atoms with Gasteiger partial charge in [-0.25, -0.2) is 0 Å². The van der Waals surface area contributed by atoms with Gasteiger partial charge in [-0.2, -0.15) is 0 Å². The van der Waals surface area contributed by atoms with Crippen molar-refractivity contribution >= 4 is 34.1 Å². The molecule has 0 aromatic carbocycles. The van der Waals surface area contributed by atoms with Crippen LogP contribution in [0.4, 0.5) is 0 Å². The van der Waals surface area contributed by atoms with Gasteiger partial charge in [-0.15, -0.1) is 0 Å². The van der Waals surface area contributed by atoms with Crippen LogP contribution in [-0.2, 0) is 15.5 Å². The average Bonchev–Trinajstić information content (AvgIpc) is 2.21. The van der Waals surface area contributed by atoms with Gasteiger partial charge in [0.2, 0.25) is 0 Å². The number of hydrogen-bond acceptors (Lipinski definition) is 0. The van der Waals surface area contributed by atoms with Crippen molar-refractivity contribution < 1.29 is 15.5 Å². The van der Waals surface area contributed by atoms with Crippen LogP contribution in [0.15, 0.2) is 22.3 Å². The normalized spacial score (nSPS) is 18.2. The van der Waals surface area contributed by atoms with E-state index in [1.54, 1.807) is 11.1 Å². The molecule has 0 N–H and O–H groups in total. The molecule has 1 rings (SSSR count). The fourth-order valence-electron chi connectivity index (χ4n) is 1.57. The Labute approximate surface area is 111 Å². The van der Waals surface area contributed by atoms with Crippen LogP contribution in [0.2, 0.25) is 0 Å². The summed E-state index contributed by atoms with van der Waals surface area (Å²) in [6, 6.07) is 0. The van der Waals surface area contributed by atoms with E-state index in [9.17, 15) is 0 Å². The van der Waals surface area contributed by atoms with Gasteiger partial charge >= 0.3 is 49.5 Å². The first-order valence-electron chi connectivity index (χ1n) is 4.66. The summed E-state index contributed by atoms with van der Waals surface area (Å²) in [5.74, 6) is 0.694. The van der Waals surface area contributed by atoms with E-state index in [0.717, 1.165) is 0 Å². The van der Waals surface area contributed by atoms with Crippen molar-refractivity contribution in [2.45, 2.75) is 34.6 Å². The first kappa shape index (κ1) is 16.5. The molecule has 0 aliphatic heterocycles. The Morgan fingerprint density at radius 2 is 1.00 bits per heavy atom. The van der Waals surface area contributed by atoms with Gasteiger partial charge in [0, 0.05) is 0 Å². The monoisotopic (exact) mass is 366 g/mol. The van der Waals surface area contributed by atoms with Crippen molar-refractivity contribution in [2.24, 2.45) is 5.92 Å². The van der Waals surface area contributed by atoms with Gasteiger partial charge in [-0.3, -0.25) is 0 Å². The Balaban J connectivity index is 0.000000336. The summed E-state index contributed by atoms with van der Waals surface area (Å²) in [6.45, 7) is 11.2. The molecule has 0 spiro atoms. The molecule has 1 aliphatic carbocycles. The molecule has 0 fully saturated rings. The number of allylic oxidation sites excluding steroid dienone is 4. The zero-order valence-electron chi connectivity index (χ0n) is 9.59. The quantitative estimate of drug-likeness (QED) is 0.487. The van der Waals surface area contributed by atoms with E-state index in [4.69, 9.17) is 34.1 Å². The zero-order chi connectivity index (χ0) is 12.4. The fourth-order valence-corrected chi connectivity index (χ4v) is 1.57. The molecule has 88 valence electrons. The zero-order valence-corrected chi connectivity index (χ0v) is 15.1. The van der Waals surface area contributed by atoms with Crippen LogP contribution in [0.5, 0.6) is 0 Å². The molecule has 0 radical (unpaired) electrons. The number of hydrogen-bond donors (Lipinski definition) is 0. The van der Waals surface area contributed by atoms with Gasteiger partial charge in [0.15, 0.2) is 0 Å². The number of rotatable bonds is 0. The molecule has 0 nitrogen and oxygen atoms in total. The van der Waals surface area contributed by atoms with Crippen LogP contribution >= 0.6 is 34.1 Å². The molecule has 0 aromatic rings. The molecule has 5 heteroatoms. The molecule has 0 bridgehead atoms. The molecule has 0 saturated heterocycles. The first-order chi connectivity index (χ1) is 6.55. The van der Waals surface area contributed by atoms with Gasteiger partial charge in [0.1, 0.15) is 0 Å². The van der Waals surface area contributed by atoms with E-state index in [-0.39, 0.29) is 0 Å². The van der Waals surface area contributed by atoms with Crippen LogP contribution in [0, 0.1) is 5.92 Å². The molecular weight excluding hydrogens is 353 g/mol. The molecule has 0 unspecified atom stereocenters. The maximum atomic E-state index is 5.04. The summed E-state index contributed by atoms with van der Waals surface area (Å²) < 4.78 is 0. The van der Waals surface area contributed by atoms with Gasteiger partial charge in [-0.1, -0.05) is 18.1 Å². The van der Waals surface area contributed by atoms with E-state index in [1.807, 2.05) is 0 Å². The Hall–Kier alpha value is 1.52. The molecule has 0 heterocycles. The summed E-state index contributed by atoms with van der Waals surface area (Å²) in [5, 5.41) is 0. The summed E-state index contributed by atoms with van der Waals surface area (Å²) in [6.07, 6.45) is 0. The van der Waals surface area contributed by atoms with Crippen LogP contribution in [0.1, 0.15) is 34.6 Å². The maximum absolute atomic E-state index is 5.04. The predicted molar refractivity (Wildman–Crippen MR) is 69.3 cm³/mol. The molecule has 0 aromatic heterocycles. The number of halogens is 4. The van der Waals surface area contributed by atoms with Crippen LogP contribution < -0.4 is 0 Å². The van der Waals surface area contributed by atoms with Crippen molar-refractivity contribution in [2.75, 3.05) is 0 Å². The molecule has 0 amide bonds. The first-order valence-corrected chi connectivity index (χ1v) is 17.3. The third-order valence-corrected chi connectivity index (χ3v) is 3.04. The summed E-state index contributed by atoms with van der Waals surface area (Å²) in [7, 11) is 20.1. The van der Waals surface area contributed by atoms with Crippen molar-refractivity contribution in [1.82, 2.24) is 0 Å². The second kappa shape index (κ2) is 6.45. The second-order valence-electron chi connectivity index (χ2n) is 3.77. The van der Waals surface area contributed by atoms with Crippen molar-refractivity contribution in [3.8, 4) is 0 Å². The topological polar surface area (TPSA) is 0 Å². The van der Waals surface area contributed by atoms with Crippen LogP contribution in [0.3, 0.4) is 0 Å². The summed E-state index contributed by atoms with van der Waals surface area (Å²) in [5.41, 5.74) is 6.11. The van der Waals surface area contributed by atoms with E-state index in [1.165, 1.54) is 11.1 Å². The Morgan fingerprint density at radius 1 is 0.800 bits per heavy atom. The predicted octanol–water partition coefficient (Wildman–Crippen LogP) is 6.06. The minimum absolute atomic E-state index is 0.694. The van der Waals surface area contributed by atoms with E-state index in [2.05, 4.69) is 34.6 Å². The third kappa shape index (κ3) is 6.13. The molecule has 0 saturated carbocycles. The SMILES string of the molecule is CC1=C(C)C(C)C(C)=C1C.[Cl][Zr]([Cl])([Cl])[Cl]. The van der Waals surface area contributed by atoms with Crippen LogP contribution in [0.25, 0.3) is 0 Å². The molecule has 15 heavy (non-hydrogen) atoms. The summed E-state index contributed by atoms with van der Waals surface area (Å²) >= 11 is -3.29. The van der Waals surface area contributed by atoms with E-state index >= 15 is 0 Å². The van der Waals surface area contributed by atoms with Gasteiger partial charge in [0.05, 0.1) is 0 Å². The van der Waals surface area contributed by atoms with E-state index in [0.29, 0.717) is 5.92 Å². The molecule has 1 aliphatic rings. The Kier molecular flexibility index (Phi) is 7.11.